The summed E-state index contributed by atoms with van der Waals surface area (Å²) in [7, 11) is 0. The molecule has 0 bridgehead atoms. The van der Waals surface area contributed by atoms with Gasteiger partial charge in [-0.15, -0.1) is 0 Å². The molecule has 0 unspecified atom stereocenters. The molecule has 1 aliphatic rings. The van der Waals surface area contributed by atoms with Gasteiger partial charge in [-0.05, 0) is 30.2 Å². The Hall–Kier alpha value is -2.01. The Balaban J connectivity index is 1.70. The van der Waals surface area contributed by atoms with Gasteiger partial charge in [-0.3, -0.25) is 4.79 Å². The van der Waals surface area contributed by atoms with Crippen molar-refractivity contribution in [3.05, 3.63) is 58.1 Å². The van der Waals surface area contributed by atoms with Crippen LogP contribution in [0.2, 0.25) is 0 Å². The van der Waals surface area contributed by atoms with E-state index >= 15 is 0 Å². The molecule has 23 heavy (non-hydrogen) atoms. The van der Waals surface area contributed by atoms with Crippen molar-refractivity contribution in [3.8, 4) is 11.5 Å². The number of amides is 1. The number of ether oxygens (including phenoxy) is 2. The van der Waals surface area contributed by atoms with E-state index in [1.165, 1.54) is 0 Å². The van der Waals surface area contributed by atoms with Gasteiger partial charge in [0.15, 0.2) is 11.5 Å². The summed E-state index contributed by atoms with van der Waals surface area (Å²) in [5.74, 6) is 1.44. The summed E-state index contributed by atoms with van der Waals surface area (Å²) in [5.41, 5.74) is 1.97. The van der Waals surface area contributed by atoms with Crippen LogP contribution in [-0.4, -0.2) is 19.1 Å². The zero-order valence-electron chi connectivity index (χ0n) is 12.8. The summed E-state index contributed by atoms with van der Waals surface area (Å²) in [6, 6.07) is 13.4. The molecule has 5 heteroatoms. The van der Waals surface area contributed by atoms with Crippen LogP contribution in [0.5, 0.6) is 11.5 Å². The fraction of sp³-hybridized carbons (Fsp3) is 0.278. The van der Waals surface area contributed by atoms with Crippen LogP contribution in [0.3, 0.4) is 0 Å². The van der Waals surface area contributed by atoms with Gasteiger partial charge in [-0.25, -0.2) is 0 Å². The first-order valence-corrected chi connectivity index (χ1v) is 8.35. The van der Waals surface area contributed by atoms with Crippen molar-refractivity contribution in [1.82, 2.24) is 5.32 Å². The highest BCUT2D eigenvalue weighted by molar-refractivity contribution is 9.10. The molecule has 1 atom stereocenters. The summed E-state index contributed by atoms with van der Waals surface area (Å²) < 4.78 is 12.1. The fourth-order valence-corrected chi connectivity index (χ4v) is 3.23. The minimum Gasteiger partial charge on any atom is -0.486 e. The molecule has 1 N–H and O–H groups in total. The Morgan fingerprint density at radius 1 is 1.17 bits per heavy atom. The number of rotatable bonds is 4. The molecule has 1 heterocycles. The Morgan fingerprint density at radius 3 is 2.52 bits per heavy atom. The third kappa shape index (κ3) is 3.85. The predicted octanol–water partition coefficient (Wildman–Crippen LogP) is 3.64. The lowest BCUT2D eigenvalue weighted by Gasteiger charge is -2.22. The van der Waals surface area contributed by atoms with E-state index < -0.39 is 0 Å². The molecule has 1 aliphatic heterocycles. The van der Waals surface area contributed by atoms with E-state index in [1.807, 2.05) is 49.4 Å². The predicted molar refractivity (Wildman–Crippen MR) is 91.8 cm³/mol. The topological polar surface area (TPSA) is 47.6 Å². The number of hydrogen-bond donors (Lipinski definition) is 1. The third-order valence-corrected chi connectivity index (χ3v) is 4.40. The molecular formula is C18H18BrNO3. The van der Waals surface area contributed by atoms with Crippen molar-refractivity contribution in [2.75, 3.05) is 13.2 Å². The van der Waals surface area contributed by atoms with Crippen LogP contribution in [0.1, 0.15) is 24.1 Å². The van der Waals surface area contributed by atoms with Crippen LogP contribution in [0.25, 0.3) is 0 Å². The lowest BCUT2D eigenvalue weighted by molar-refractivity contribution is -0.121. The highest BCUT2D eigenvalue weighted by Crippen LogP contribution is 2.37. The van der Waals surface area contributed by atoms with Crippen molar-refractivity contribution in [3.63, 3.8) is 0 Å². The zero-order valence-corrected chi connectivity index (χ0v) is 14.4. The molecule has 0 saturated heterocycles. The molecule has 0 aliphatic carbocycles. The molecule has 120 valence electrons. The van der Waals surface area contributed by atoms with E-state index in [0.29, 0.717) is 19.6 Å². The maximum Gasteiger partial charge on any atom is 0.224 e. The van der Waals surface area contributed by atoms with Crippen LogP contribution >= 0.6 is 15.9 Å². The zero-order chi connectivity index (χ0) is 16.2. The van der Waals surface area contributed by atoms with Crippen LogP contribution < -0.4 is 14.8 Å². The van der Waals surface area contributed by atoms with Gasteiger partial charge in [0.05, 0.1) is 12.5 Å². The molecule has 0 radical (unpaired) electrons. The summed E-state index contributed by atoms with van der Waals surface area (Å²) >= 11 is 3.55. The van der Waals surface area contributed by atoms with Gasteiger partial charge < -0.3 is 14.8 Å². The minimum atomic E-state index is -0.128. The van der Waals surface area contributed by atoms with Gasteiger partial charge in [0.2, 0.25) is 5.91 Å². The van der Waals surface area contributed by atoms with Gasteiger partial charge in [0, 0.05) is 4.47 Å². The van der Waals surface area contributed by atoms with E-state index in [4.69, 9.17) is 9.47 Å². The van der Waals surface area contributed by atoms with Crippen LogP contribution in [-0.2, 0) is 11.2 Å². The van der Waals surface area contributed by atoms with Crippen molar-refractivity contribution in [1.29, 1.82) is 0 Å². The Labute approximate surface area is 143 Å². The second-order valence-corrected chi connectivity index (χ2v) is 6.32. The second kappa shape index (κ2) is 7.04. The highest BCUT2D eigenvalue weighted by atomic mass is 79.9. The van der Waals surface area contributed by atoms with Gasteiger partial charge in [-0.1, -0.05) is 46.3 Å². The third-order valence-electron chi connectivity index (χ3n) is 3.71. The SMILES string of the molecule is C[C@H](NC(=O)Cc1ccccc1)c1cc2c(cc1Br)OCCO2. The van der Waals surface area contributed by atoms with Crippen molar-refractivity contribution < 1.29 is 14.3 Å². The van der Waals surface area contributed by atoms with Crippen LogP contribution in [0.15, 0.2) is 46.9 Å². The first-order valence-electron chi connectivity index (χ1n) is 7.56. The Kier molecular flexibility index (Phi) is 4.86. The molecule has 2 aromatic rings. The van der Waals surface area contributed by atoms with Crippen molar-refractivity contribution >= 4 is 21.8 Å². The smallest absolute Gasteiger partial charge is 0.224 e. The first-order chi connectivity index (χ1) is 11.1. The van der Waals surface area contributed by atoms with Crippen LogP contribution in [0.4, 0.5) is 0 Å². The van der Waals surface area contributed by atoms with E-state index in [2.05, 4.69) is 21.2 Å². The largest absolute Gasteiger partial charge is 0.486 e. The van der Waals surface area contributed by atoms with Crippen molar-refractivity contribution in [2.24, 2.45) is 0 Å². The lowest BCUT2D eigenvalue weighted by Crippen LogP contribution is -2.28. The monoisotopic (exact) mass is 375 g/mol. The Bertz CT molecular complexity index is 703. The second-order valence-electron chi connectivity index (χ2n) is 5.47. The number of hydrogen-bond acceptors (Lipinski definition) is 3. The number of benzene rings is 2. The number of fused-ring (bicyclic) bond motifs is 1. The standard InChI is InChI=1S/C18H18BrNO3/c1-12(20-18(21)9-13-5-3-2-4-6-13)14-10-16-17(11-15(14)19)23-8-7-22-16/h2-6,10-12H,7-9H2,1H3,(H,20,21)/t12-/m0/s1. The fourth-order valence-electron chi connectivity index (χ4n) is 2.56. The van der Waals surface area contributed by atoms with Crippen molar-refractivity contribution in [2.45, 2.75) is 19.4 Å². The van der Waals surface area contributed by atoms with E-state index in [-0.39, 0.29) is 11.9 Å². The lowest BCUT2D eigenvalue weighted by atomic mass is 10.1. The van der Waals surface area contributed by atoms with Gasteiger partial charge in [0.25, 0.3) is 0 Å². The first kappa shape index (κ1) is 15.9. The van der Waals surface area contributed by atoms with E-state index in [1.54, 1.807) is 0 Å². The normalized spacial score (nSPS) is 14.2. The summed E-state index contributed by atoms with van der Waals surface area (Å²) in [6.45, 7) is 3.06. The molecule has 0 saturated carbocycles. The number of carbonyl (C=O) groups excluding carboxylic acids is 1. The van der Waals surface area contributed by atoms with Gasteiger partial charge in [0.1, 0.15) is 13.2 Å². The number of halogens is 1. The number of nitrogens with one attached hydrogen (secondary N) is 1. The average Bonchev–Trinajstić information content (AvgIpc) is 2.55. The molecule has 0 aromatic heterocycles. The maximum absolute atomic E-state index is 12.2. The highest BCUT2D eigenvalue weighted by Gasteiger charge is 2.19. The molecular weight excluding hydrogens is 358 g/mol. The molecule has 1 amide bonds. The molecule has 3 rings (SSSR count). The summed E-state index contributed by atoms with van der Waals surface area (Å²) in [6.07, 6.45) is 0.368. The minimum absolute atomic E-state index is 0.00881. The van der Waals surface area contributed by atoms with Gasteiger partial charge >= 0.3 is 0 Å². The molecule has 4 nitrogen and oxygen atoms in total. The number of carbonyl (C=O) groups is 1. The molecule has 0 fully saturated rings. The van der Waals surface area contributed by atoms with E-state index in [9.17, 15) is 4.79 Å². The molecule has 2 aromatic carbocycles. The summed E-state index contributed by atoms with van der Waals surface area (Å²) in [4.78, 5) is 12.2. The summed E-state index contributed by atoms with van der Waals surface area (Å²) in [5, 5.41) is 3.03. The maximum atomic E-state index is 12.2. The van der Waals surface area contributed by atoms with Crippen LogP contribution in [0, 0.1) is 0 Å². The average molecular weight is 376 g/mol. The molecule has 0 spiro atoms. The Morgan fingerprint density at radius 2 is 1.83 bits per heavy atom. The van der Waals surface area contributed by atoms with E-state index in [0.717, 1.165) is 27.1 Å². The quantitative estimate of drug-likeness (QED) is 0.887. The van der Waals surface area contributed by atoms with Gasteiger partial charge in [-0.2, -0.15) is 0 Å².